The van der Waals surface area contributed by atoms with Crippen molar-refractivity contribution in [1.29, 1.82) is 0 Å². The van der Waals surface area contributed by atoms with Gasteiger partial charge in [-0.3, -0.25) is 15.0 Å². The van der Waals surface area contributed by atoms with Gasteiger partial charge in [0.1, 0.15) is 0 Å². The highest BCUT2D eigenvalue weighted by Gasteiger charge is 2.34. The van der Waals surface area contributed by atoms with Gasteiger partial charge in [-0.25, -0.2) is 5.84 Å². The van der Waals surface area contributed by atoms with Gasteiger partial charge in [-0.2, -0.15) is 0 Å². The van der Waals surface area contributed by atoms with Crippen LogP contribution in [0.1, 0.15) is 6.42 Å². The lowest BCUT2D eigenvalue weighted by atomic mass is 10.1. The van der Waals surface area contributed by atoms with Gasteiger partial charge in [0.2, 0.25) is 11.8 Å². The predicted octanol–water partition coefficient (Wildman–Crippen LogP) is 0.683. The first kappa shape index (κ1) is 11.9. The van der Waals surface area contributed by atoms with Crippen LogP contribution in [-0.4, -0.2) is 18.4 Å². The summed E-state index contributed by atoms with van der Waals surface area (Å²) in [4.78, 5) is 24.7. The molecule has 0 saturated carbocycles. The van der Waals surface area contributed by atoms with Gasteiger partial charge in [-0.1, -0.05) is 11.6 Å². The maximum atomic E-state index is 11.8. The van der Waals surface area contributed by atoms with Gasteiger partial charge in [0.05, 0.1) is 5.92 Å². The fourth-order valence-corrected chi connectivity index (χ4v) is 2.00. The number of anilines is 1. The van der Waals surface area contributed by atoms with E-state index in [4.69, 9.17) is 17.4 Å². The largest absolute Gasteiger partial charge is 0.312 e. The lowest BCUT2D eigenvalue weighted by Gasteiger charge is -2.16. The minimum atomic E-state index is -0.386. The molecule has 1 saturated heterocycles. The number of hydrogen-bond donors (Lipinski definition) is 2. The van der Waals surface area contributed by atoms with Crippen molar-refractivity contribution in [3.63, 3.8) is 0 Å². The van der Waals surface area contributed by atoms with Crippen molar-refractivity contribution in [2.75, 3.05) is 11.4 Å². The van der Waals surface area contributed by atoms with Crippen LogP contribution in [0, 0.1) is 5.92 Å². The molecule has 1 heterocycles. The second kappa shape index (κ2) is 4.73. The molecule has 0 aromatic heterocycles. The Kier molecular flexibility index (Phi) is 3.31. The predicted molar refractivity (Wildman–Crippen MR) is 64.2 cm³/mol. The molecule has 0 spiro atoms. The first-order valence-corrected chi connectivity index (χ1v) is 5.56. The maximum Gasteiger partial charge on any atom is 0.239 e. The summed E-state index contributed by atoms with van der Waals surface area (Å²) in [5, 5.41) is 0.608. The molecule has 0 bridgehead atoms. The van der Waals surface area contributed by atoms with Crippen molar-refractivity contribution in [1.82, 2.24) is 5.43 Å². The number of nitrogens with one attached hydrogen (secondary N) is 1. The van der Waals surface area contributed by atoms with Gasteiger partial charge in [0.25, 0.3) is 0 Å². The van der Waals surface area contributed by atoms with E-state index in [1.807, 2.05) is 0 Å². The number of carbonyl (C=O) groups is 2. The third-order valence-corrected chi connectivity index (χ3v) is 3.03. The van der Waals surface area contributed by atoms with Crippen molar-refractivity contribution >= 4 is 29.1 Å². The van der Waals surface area contributed by atoms with E-state index in [2.05, 4.69) is 5.43 Å². The van der Waals surface area contributed by atoms with Crippen LogP contribution in [0.3, 0.4) is 0 Å². The highest BCUT2D eigenvalue weighted by molar-refractivity contribution is 6.30. The van der Waals surface area contributed by atoms with E-state index in [-0.39, 0.29) is 24.2 Å². The van der Waals surface area contributed by atoms with Crippen LogP contribution < -0.4 is 16.2 Å². The summed E-state index contributed by atoms with van der Waals surface area (Å²) >= 11 is 5.77. The normalized spacial score (nSPS) is 19.5. The summed E-state index contributed by atoms with van der Waals surface area (Å²) in [6.07, 6.45) is 0.186. The van der Waals surface area contributed by atoms with Crippen molar-refractivity contribution in [2.45, 2.75) is 6.42 Å². The van der Waals surface area contributed by atoms with Gasteiger partial charge in [-0.05, 0) is 24.3 Å². The summed E-state index contributed by atoms with van der Waals surface area (Å²) in [7, 11) is 0. The minimum absolute atomic E-state index is 0.0825. The van der Waals surface area contributed by atoms with Crippen LogP contribution in [0.4, 0.5) is 5.69 Å². The zero-order valence-corrected chi connectivity index (χ0v) is 9.78. The molecule has 1 aliphatic rings. The molecule has 1 aliphatic heterocycles. The molecule has 1 fully saturated rings. The first-order chi connectivity index (χ1) is 8.11. The van der Waals surface area contributed by atoms with Crippen LogP contribution in [0.15, 0.2) is 24.3 Å². The molecule has 1 aromatic carbocycles. The van der Waals surface area contributed by atoms with Gasteiger partial charge in [-0.15, -0.1) is 0 Å². The number of nitrogens with two attached hydrogens (primary N) is 1. The summed E-state index contributed by atoms with van der Waals surface area (Å²) < 4.78 is 0. The number of amides is 2. The minimum Gasteiger partial charge on any atom is -0.312 e. The molecular weight excluding hydrogens is 242 g/mol. The Morgan fingerprint density at radius 3 is 2.65 bits per heavy atom. The number of hydrazine groups is 1. The Balaban J connectivity index is 2.15. The molecule has 1 atom stereocenters. The fourth-order valence-electron chi connectivity index (χ4n) is 1.87. The fraction of sp³-hybridized carbons (Fsp3) is 0.273. The Hall–Kier alpha value is -1.59. The van der Waals surface area contributed by atoms with Crippen molar-refractivity contribution in [3.8, 4) is 0 Å². The van der Waals surface area contributed by atoms with E-state index in [0.29, 0.717) is 11.6 Å². The molecular formula is C11H12ClN3O2. The first-order valence-electron chi connectivity index (χ1n) is 5.18. The van der Waals surface area contributed by atoms with Crippen molar-refractivity contribution < 1.29 is 9.59 Å². The average Bonchev–Trinajstić information content (AvgIpc) is 2.71. The van der Waals surface area contributed by atoms with Crippen molar-refractivity contribution in [2.24, 2.45) is 11.8 Å². The molecule has 2 rings (SSSR count). The Labute approximate surface area is 103 Å². The standard InChI is InChI=1S/C11H12ClN3O2/c12-8-1-3-9(4-2-8)15-6-7(5-10(15)16)11(17)14-13/h1-4,7H,5-6,13H2,(H,14,17)/t7-/m0/s1. The Bertz CT molecular complexity index is 447. The van der Waals surface area contributed by atoms with Crippen molar-refractivity contribution in [3.05, 3.63) is 29.3 Å². The summed E-state index contributed by atoms with van der Waals surface area (Å²) in [5.41, 5.74) is 2.81. The van der Waals surface area contributed by atoms with Crippen LogP contribution in [-0.2, 0) is 9.59 Å². The van der Waals surface area contributed by atoms with Gasteiger partial charge in [0, 0.05) is 23.7 Å². The number of halogens is 1. The lowest BCUT2D eigenvalue weighted by molar-refractivity contribution is -0.126. The van der Waals surface area contributed by atoms with Gasteiger partial charge < -0.3 is 4.90 Å². The third kappa shape index (κ3) is 2.40. The molecule has 6 heteroatoms. The topological polar surface area (TPSA) is 75.4 Å². The van der Waals surface area contributed by atoms with Crippen LogP contribution in [0.5, 0.6) is 0 Å². The van der Waals surface area contributed by atoms with E-state index in [0.717, 1.165) is 5.69 Å². The molecule has 1 aromatic rings. The molecule has 0 radical (unpaired) electrons. The van der Waals surface area contributed by atoms with E-state index in [1.165, 1.54) is 0 Å². The summed E-state index contributed by atoms with van der Waals surface area (Å²) in [6.45, 7) is 0.351. The second-order valence-corrected chi connectivity index (χ2v) is 4.33. The quantitative estimate of drug-likeness (QED) is 0.462. The van der Waals surface area contributed by atoms with Gasteiger partial charge in [0.15, 0.2) is 0 Å². The molecule has 0 unspecified atom stereocenters. The molecule has 5 nitrogen and oxygen atoms in total. The molecule has 17 heavy (non-hydrogen) atoms. The van der Waals surface area contributed by atoms with Crippen LogP contribution in [0.2, 0.25) is 5.02 Å². The van der Waals surface area contributed by atoms with Gasteiger partial charge >= 0.3 is 0 Å². The van der Waals surface area contributed by atoms with E-state index >= 15 is 0 Å². The highest BCUT2D eigenvalue weighted by Crippen LogP contribution is 2.26. The van der Waals surface area contributed by atoms with E-state index in [9.17, 15) is 9.59 Å². The zero-order valence-electron chi connectivity index (χ0n) is 9.02. The summed E-state index contributed by atoms with van der Waals surface area (Å²) in [5.74, 6) is 4.28. The molecule has 0 aliphatic carbocycles. The zero-order chi connectivity index (χ0) is 12.4. The number of rotatable bonds is 2. The smallest absolute Gasteiger partial charge is 0.239 e. The van der Waals surface area contributed by atoms with E-state index < -0.39 is 0 Å². The third-order valence-electron chi connectivity index (χ3n) is 2.78. The molecule has 3 N–H and O–H groups in total. The number of carbonyl (C=O) groups excluding carboxylic acids is 2. The maximum absolute atomic E-state index is 11.8. The second-order valence-electron chi connectivity index (χ2n) is 3.89. The number of nitrogens with zero attached hydrogens (tertiary/aromatic N) is 1. The van der Waals surface area contributed by atoms with Crippen LogP contribution in [0.25, 0.3) is 0 Å². The number of hydrogen-bond acceptors (Lipinski definition) is 3. The molecule has 90 valence electrons. The van der Waals surface area contributed by atoms with E-state index in [1.54, 1.807) is 29.2 Å². The molecule has 2 amide bonds. The lowest BCUT2D eigenvalue weighted by Crippen LogP contribution is -2.37. The average molecular weight is 254 g/mol. The summed E-state index contributed by atoms with van der Waals surface area (Å²) in [6, 6.07) is 6.92. The highest BCUT2D eigenvalue weighted by atomic mass is 35.5. The van der Waals surface area contributed by atoms with Crippen LogP contribution >= 0.6 is 11.6 Å². The SMILES string of the molecule is NNC(=O)[C@H]1CC(=O)N(c2ccc(Cl)cc2)C1. The Morgan fingerprint density at radius 2 is 2.06 bits per heavy atom. The monoisotopic (exact) mass is 253 g/mol. The Morgan fingerprint density at radius 1 is 1.41 bits per heavy atom. The number of benzene rings is 1.